The molecule has 5 heteroatoms. The molecule has 0 saturated carbocycles. The number of hydrogen-bond acceptors (Lipinski definition) is 5. The Hall–Kier alpha value is -1.36. The van der Waals surface area contributed by atoms with E-state index in [1.54, 1.807) is 0 Å². The first-order valence-electron chi connectivity index (χ1n) is 12.4. The molecule has 1 saturated heterocycles. The molecule has 0 spiro atoms. The Morgan fingerprint density at radius 1 is 0.767 bits per heavy atom. The van der Waals surface area contributed by atoms with Gasteiger partial charge in [-0.25, -0.2) is 9.59 Å². The van der Waals surface area contributed by atoms with Gasteiger partial charge in [0.2, 0.25) is 0 Å². The molecule has 1 aliphatic rings. The SMILES string of the molecule is CCCCCCCCCCCCCCCCOC(=O)/C=C/C(=O)OCC1CCCO1. The molecule has 1 unspecified atom stereocenters. The zero-order valence-corrected chi connectivity index (χ0v) is 19.2. The average molecular weight is 425 g/mol. The second-order valence-corrected chi connectivity index (χ2v) is 8.36. The molecule has 0 N–H and O–H groups in total. The first kappa shape index (κ1) is 26.7. The lowest BCUT2D eigenvalue weighted by molar-refractivity contribution is -0.142. The summed E-state index contributed by atoms with van der Waals surface area (Å²) in [5.41, 5.74) is 0. The zero-order valence-electron chi connectivity index (χ0n) is 19.2. The third kappa shape index (κ3) is 16.4. The van der Waals surface area contributed by atoms with Crippen molar-refractivity contribution in [2.45, 2.75) is 116 Å². The summed E-state index contributed by atoms with van der Waals surface area (Å²) < 4.78 is 15.5. The van der Waals surface area contributed by atoms with Crippen molar-refractivity contribution in [1.82, 2.24) is 0 Å². The molecule has 0 aromatic heterocycles. The predicted molar refractivity (Wildman–Crippen MR) is 120 cm³/mol. The van der Waals surface area contributed by atoms with Crippen molar-refractivity contribution in [2.24, 2.45) is 0 Å². The fourth-order valence-electron chi connectivity index (χ4n) is 3.65. The van der Waals surface area contributed by atoms with Crippen molar-refractivity contribution in [3.8, 4) is 0 Å². The van der Waals surface area contributed by atoms with Crippen LogP contribution in [0.25, 0.3) is 0 Å². The van der Waals surface area contributed by atoms with Crippen LogP contribution in [0.3, 0.4) is 0 Å². The van der Waals surface area contributed by atoms with Crippen LogP contribution in [0, 0.1) is 0 Å². The normalized spacial score (nSPS) is 16.2. The summed E-state index contributed by atoms with van der Waals surface area (Å²) in [6.45, 7) is 3.65. The van der Waals surface area contributed by atoms with Gasteiger partial charge < -0.3 is 14.2 Å². The largest absolute Gasteiger partial charge is 0.463 e. The Morgan fingerprint density at radius 2 is 1.27 bits per heavy atom. The molecular weight excluding hydrogens is 380 g/mol. The number of carbonyl (C=O) groups excluding carboxylic acids is 2. The molecule has 0 amide bonds. The van der Waals surface area contributed by atoms with Crippen molar-refractivity contribution in [3.63, 3.8) is 0 Å². The van der Waals surface area contributed by atoms with Gasteiger partial charge in [-0.2, -0.15) is 0 Å². The molecule has 1 aliphatic heterocycles. The summed E-state index contributed by atoms with van der Waals surface area (Å²) in [6, 6.07) is 0. The van der Waals surface area contributed by atoms with Gasteiger partial charge in [0, 0.05) is 18.8 Å². The molecule has 0 radical (unpaired) electrons. The van der Waals surface area contributed by atoms with Crippen molar-refractivity contribution in [3.05, 3.63) is 12.2 Å². The number of esters is 2. The summed E-state index contributed by atoms with van der Waals surface area (Å²) in [5.74, 6) is -1.02. The number of ether oxygens (including phenoxy) is 3. The van der Waals surface area contributed by atoms with Crippen LogP contribution in [0.2, 0.25) is 0 Å². The molecule has 1 atom stereocenters. The molecule has 174 valence electrons. The van der Waals surface area contributed by atoms with Crippen LogP contribution in [0.5, 0.6) is 0 Å². The van der Waals surface area contributed by atoms with Gasteiger partial charge >= 0.3 is 11.9 Å². The van der Waals surface area contributed by atoms with Crippen LogP contribution in [-0.2, 0) is 23.8 Å². The lowest BCUT2D eigenvalue weighted by Gasteiger charge is -2.08. The van der Waals surface area contributed by atoms with E-state index < -0.39 is 11.9 Å². The van der Waals surface area contributed by atoms with E-state index in [0.29, 0.717) is 6.61 Å². The Bertz CT molecular complexity index is 454. The van der Waals surface area contributed by atoms with Gasteiger partial charge in [-0.1, -0.05) is 90.4 Å². The second kappa shape index (κ2) is 19.6. The van der Waals surface area contributed by atoms with Crippen LogP contribution in [-0.4, -0.2) is 37.9 Å². The highest BCUT2D eigenvalue weighted by atomic mass is 16.6. The van der Waals surface area contributed by atoms with E-state index in [2.05, 4.69) is 6.92 Å². The number of rotatable bonds is 19. The van der Waals surface area contributed by atoms with E-state index in [-0.39, 0.29) is 12.7 Å². The number of unbranched alkanes of at least 4 members (excludes halogenated alkanes) is 13. The average Bonchev–Trinajstić information content (AvgIpc) is 3.27. The summed E-state index contributed by atoms with van der Waals surface area (Å²) >= 11 is 0. The minimum absolute atomic E-state index is 0.00498. The van der Waals surface area contributed by atoms with Gasteiger partial charge in [0.05, 0.1) is 12.7 Å². The van der Waals surface area contributed by atoms with Crippen LogP contribution < -0.4 is 0 Å². The van der Waals surface area contributed by atoms with E-state index >= 15 is 0 Å². The smallest absolute Gasteiger partial charge is 0.331 e. The molecule has 0 aromatic rings. The van der Waals surface area contributed by atoms with Gasteiger partial charge in [0.15, 0.2) is 0 Å². The maximum Gasteiger partial charge on any atom is 0.331 e. The van der Waals surface area contributed by atoms with E-state index in [9.17, 15) is 9.59 Å². The minimum Gasteiger partial charge on any atom is -0.463 e. The molecule has 1 fully saturated rings. The van der Waals surface area contributed by atoms with E-state index in [4.69, 9.17) is 14.2 Å². The highest BCUT2D eigenvalue weighted by Gasteiger charge is 2.16. The quantitative estimate of drug-likeness (QED) is 0.138. The number of carbonyl (C=O) groups is 2. The first-order valence-corrected chi connectivity index (χ1v) is 12.4. The maximum absolute atomic E-state index is 11.6. The van der Waals surface area contributed by atoms with Gasteiger partial charge in [0.1, 0.15) is 6.61 Å². The molecule has 1 heterocycles. The van der Waals surface area contributed by atoms with Crippen molar-refractivity contribution >= 4 is 11.9 Å². The van der Waals surface area contributed by atoms with E-state index in [1.807, 2.05) is 0 Å². The van der Waals surface area contributed by atoms with Crippen molar-refractivity contribution in [2.75, 3.05) is 19.8 Å². The summed E-state index contributed by atoms with van der Waals surface area (Å²) in [5, 5.41) is 0. The Kier molecular flexibility index (Phi) is 17.4. The monoisotopic (exact) mass is 424 g/mol. The van der Waals surface area contributed by atoms with Gasteiger partial charge in [-0.15, -0.1) is 0 Å². The standard InChI is InChI=1S/C25H44O5/c1-2-3-4-5-6-7-8-9-10-11-12-13-14-15-20-29-24(26)18-19-25(27)30-22-23-17-16-21-28-23/h18-19,23H,2-17,20-22H2,1H3/b19-18+. The molecule has 30 heavy (non-hydrogen) atoms. The lowest BCUT2D eigenvalue weighted by atomic mass is 10.0. The topological polar surface area (TPSA) is 61.8 Å². The highest BCUT2D eigenvalue weighted by molar-refractivity contribution is 5.91. The molecule has 0 aliphatic carbocycles. The first-order chi connectivity index (χ1) is 14.7. The van der Waals surface area contributed by atoms with Crippen molar-refractivity contribution < 1.29 is 23.8 Å². The lowest BCUT2D eigenvalue weighted by Crippen LogP contribution is -2.16. The minimum atomic E-state index is -0.529. The molecular formula is C25H44O5. The molecule has 0 aromatic carbocycles. The second-order valence-electron chi connectivity index (χ2n) is 8.36. The number of hydrogen-bond donors (Lipinski definition) is 0. The summed E-state index contributed by atoms with van der Waals surface area (Å²) in [4.78, 5) is 23.1. The van der Waals surface area contributed by atoms with Crippen LogP contribution in [0.4, 0.5) is 0 Å². The van der Waals surface area contributed by atoms with Gasteiger partial charge in [-0.3, -0.25) is 0 Å². The van der Waals surface area contributed by atoms with Gasteiger partial charge in [-0.05, 0) is 19.3 Å². The van der Waals surface area contributed by atoms with Crippen LogP contribution in [0.1, 0.15) is 110 Å². The molecule has 0 bridgehead atoms. The van der Waals surface area contributed by atoms with Gasteiger partial charge in [0.25, 0.3) is 0 Å². The van der Waals surface area contributed by atoms with Crippen molar-refractivity contribution in [1.29, 1.82) is 0 Å². The third-order valence-corrected chi connectivity index (χ3v) is 5.53. The third-order valence-electron chi connectivity index (χ3n) is 5.53. The fourth-order valence-corrected chi connectivity index (χ4v) is 3.65. The fraction of sp³-hybridized carbons (Fsp3) is 0.840. The van der Waals surface area contributed by atoms with E-state index in [0.717, 1.165) is 44.4 Å². The Labute approximate surface area is 183 Å². The maximum atomic E-state index is 11.6. The van der Waals surface area contributed by atoms with Crippen LogP contribution in [0.15, 0.2) is 12.2 Å². The molecule has 1 rings (SSSR count). The Balaban J connectivity index is 1.81. The summed E-state index contributed by atoms with van der Waals surface area (Å²) in [7, 11) is 0. The Morgan fingerprint density at radius 3 is 1.77 bits per heavy atom. The highest BCUT2D eigenvalue weighted by Crippen LogP contribution is 2.13. The summed E-state index contributed by atoms with van der Waals surface area (Å²) in [6.07, 6.45) is 22.4. The van der Waals surface area contributed by atoms with E-state index in [1.165, 1.54) is 77.0 Å². The van der Waals surface area contributed by atoms with Crippen LogP contribution >= 0.6 is 0 Å². The zero-order chi connectivity index (χ0) is 21.7. The predicted octanol–water partition coefficient (Wildman–Crippen LogP) is 6.29. The molecule has 5 nitrogen and oxygen atoms in total.